The van der Waals surface area contributed by atoms with Crippen LogP contribution in [-0.2, 0) is 4.74 Å². The molecule has 0 aliphatic heterocycles. The molecular weight excluding hydrogens is 158 g/mol. The minimum atomic E-state index is -1.26. The summed E-state index contributed by atoms with van der Waals surface area (Å²) in [5, 5.41) is 8.42. The summed E-state index contributed by atoms with van der Waals surface area (Å²) < 4.78 is 4.65. The van der Waals surface area contributed by atoms with Crippen LogP contribution in [0.4, 0.5) is 4.79 Å². The highest BCUT2D eigenvalue weighted by Gasteiger charge is 2.30. The molecule has 0 unspecified atom stereocenters. The minimum Gasteiger partial charge on any atom is -0.450 e. The number of ether oxygens (including phenoxy) is 1. The van der Waals surface area contributed by atoms with Crippen molar-refractivity contribution in [3.63, 3.8) is 0 Å². The van der Waals surface area contributed by atoms with Gasteiger partial charge in [-0.2, -0.15) is 0 Å². The highest BCUT2D eigenvalue weighted by Crippen LogP contribution is 2.25. The average Bonchev–Trinajstić information content (AvgIpc) is 2.12. The maximum Gasteiger partial charge on any atom is 0.507 e. The highest BCUT2D eigenvalue weighted by atomic mass is 16.7. The van der Waals surface area contributed by atoms with E-state index >= 15 is 0 Å². The molecule has 1 fully saturated rings. The fourth-order valence-corrected chi connectivity index (χ4v) is 1.60. The first-order valence-corrected chi connectivity index (χ1v) is 4.33. The molecular formula is C8H15NO3. The van der Waals surface area contributed by atoms with Crippen molar-refractivity contribution in [1.29, 1.82) is 0 Å². The van der Waals surface area contributed by atoms with Gasteiger partial charge in [-0.3, -0.25) is 5.73 Å². The van der Waals surface area contributed by atoms with Crippen LogP contribution in [0.1, 0.15) is 38.5 Å². The van der Waals surface area contributed by atoms with E-state index in [1.54, 1.807) is 0 Å². The standard InChI is InChI=1S/C8H15NO3/c9-8(12-7(10)11)5-3-1-2-4-6-8/h1-6,9H2,(H,10,11). The Balaban J connectivity index is 2.48. The van der Waals surface area contributed by atoms with Crippen molar-refractivity contribution in [1.82, 2.24) is 0 Å². The molecule has 4 nitrogen and oxygen atoms in total. The third-order valence-corrected chi connectivity index (χ3v) is 2.24. The summed E-state index contributed by atoms with van der Waals surface area (Å²) in [6.45, 7) is 0. The lowest BCUT2D eigenvalue weighted by Gasteiger charge is -2.25. The number of nitrogens with two attached hydrogens (primary N) is 1. The minimum absolute atomic E-state index is 0.652. The van der Waals surface area contributed by atoms with Crippen molar-refractivity contribution in [3.8, 4) is 0 Å². The largest absolute Gasteiger partial charge is 0.507 e. The van der Waals surface area contributed by atoms with E-state index in [9.17, 15) is 4.79 Å². The number of hydrogen-bond donors (Lipinski definition) is 2. The maximum absolute atomic E-state index is 10.3. The Morgan fingerprint density at radius 2 is 1.75 bits per heavy atom. The zero-order valence-corrected chi connectivity index (χ0v) is 7.08. The van der Waals surface area contributed by atoms with Crippen LogP contribution in [0.2, 0.25) is 0 Å². The average molecular weight is 173 g/mol. The smallest absolute Gasteiger partial charge is 0.450 e. The van der Waals surface area contributed by atoms with Gasteiger partial charge in [-0.1, -0.05) is 12.8 Å². The van der Waals surface area contributed by atoms with Gasteiger partial charge in [-0.05, 0) is 12.8 Å². The summed E-state index contributed by atoms with van der Waals surface area (Å²) in [5.74, 6) is 0. The fourth-order valence-electron chi connectivity index (χ4n) is 1.60. The second-order valence-corrected chi connectivity index (χ2v) is 3.35. The number of rotatable bonds is 1. The topological polar surface area (TPSA) is 72.5 Å². The molecule has 70 valence electrons. The molecule has 4 heteroatoms. The van der Waals surface area contributed by atoms with Gasteiger partial charge in [0.2, 0.25) is 0 Å². The van der Waals surface area contributed by atoms with E-state index in [4.69, 9.17) is 10.8 Å². The van der Waals surface area contributed by atoms with Crippen molar-refractivity contribution in [2.45, 2.75) is 44.2 Å². The van der Waals surface area contributed by atoms with Gasteiger partial charge in [0.05, 0.1) is 0 Å². The third-order valence-electron chi connectivity index (χ3n) is 2.24. The SMILES string of the molecule is NC1(OC(=O)O)CCCCCC1. The number of carboxylic acid groups (broad SMARTS) is 1. The first kappa shape index (κ1) is 9.32. The first-order chi connectivity index (χ1) is 5.62. The molecule has 0 atom stereocenters. The molecule has 0 spiro atoms. The lowest BCUT2D eigenvalue weighted by Crippen LogP contribution is -2.43. The molecule has 1 aliphatic rings. The molecule has 0 heterocycles. The summed E-state index contributed by atoms with van der Waals surface area (Å²) in [4.78, 5) is 10.3. The van der Waals surface area contributed by atoms with Crippen LogP contribution in [0, 0.1) is 0 Å². The highest BCUT2D eigenvalue weighted by molar-refractivity contribution is 5.57. The van der Waals surface area contributed by atoms with Gasteiger partial charge in [0, 0.05) is 12.8 Å². The Morgan fingerprint density at radius 1 is 1.25 bits per heavy atom. The van der Waals surface area contributed by atoms with Crippen molar-refractivity contribution in [2.75, 3.05) is 0 Å². The van der Waals surface area contributed by atoms with E-state index in [0.717, 1.165) is 25.7 Å². The van der Waals surface area contributed by atoms with Crippen LogP contribution in [0.3, 0.4) is 0 Å². The monoisotopic (exact) mass is 173 g/mol. The predicted molar refractivity (Wildman–Crippen MR) is 43.7 cm³/mol. The van der Waals surface area contributed by atoms with Gasteiger partial charge >= 0.3 is 6.16 Å². The quantitative estimate of drug-likeness (QED) is 0.359. The molecule has 0 radical (unpaired) electrons. The predicted octanol–water partition coefficient (Wildman–Crippen LogP) is 1.69. The molecule has 0 aromatic heterocycles. The summed E-state index contributed by atoms with van der Waals surface area (Å²) in [6, 6.07) is 0. The molecule has 12 heavy (non-hydrogen) atoms. The van der Waals surface area contributed by atoms with E-state index < -0.39 is 11.9 Å². The molecule has 1 rings (SSSR count). The molecule has 0 bridgehead atoms. The Hall–Kier alpha value is -0.770. The maximum atomic E-state index is 10.3. The molecule has 0 amide bonds. The van der Waals surface area contributed by atoms with Crippen molar-refractivity contribution in [3.05, 3.63) is 0 Å². The summed E-state index contributed by atoms with van der Waals surface area (Å²) in [7, 11) is 0. The number of carbonyl (C=O) groups is 1. The van der Waals surface area contributed by atoms with Crippen molar-refractivity contribution >= 4 is 6.16 Å². The van der Waals surface area contributed by atoms with Crippen LogP contribution in [0.25, 0.3) is 0 Å². The molecule has 0 aromatic rings. The molecule has 3 N–H and O–H groups in total. The van der Waals surface area contributed by atoms with Gasteiger partial charge < -0.3 is 9.84 Å². The normalized spacial score (nSPS) is 22.8. The van der Waals surface area contributed by atoms with Gasteiger partial charge in [-0.15, -0.1) is 0 Å². The van der Waals surface area contributed by atoms with Gasteiger partial charge in [0.25, 0.3) is 0 Å². The Morgan fingerprint density at radius 3 is 2.17 bits per heavy atom. The van der Waals surface area contributed by atoms with E-state index in [1.807, 2.05) is 0 Å². The lowest BCUT2D eigenvalue weighted by molar-refractivity contribution is -0.0246. The van der Waals surface area contributed by atoms with Crippen LogP contribution in [0.5, 0.6) is 0 Å². The summed E-state index contributed by atoms with van der Waals surface area (Å²) >= 11 is 0. The Kier molecular flexibility index (Phi) is 2.92. The van der Waals surface area contributed by atoms with Crippen LogP contribution in [-0.4, -0.2) is 17.0 Å². The van der Waals surface area contributed by atoms with E-state index in [-0.39, 0.29) is 0 Å². The molecule has 0 aromatic carbocycles. The number of hydrogen-bond acceptors (Lipinski definition) is 3. The second kappa shape index (κ2) is 3.76. The zero-order valence-electron chi connectivity index (χ0n) is 7.08. The fraction of sp³-hybridized carbons (Fsp3) is 0.875. The Labute approximate surface area is 71.7 Å². The third kappa shape index (κ3) is 2.70. The Bertz CT molecular complexity index is 162. The first-order valence-electron chi connectivity index (χ1n) is 4.33. The van der Waals surface area contributed by atoms with E-state index in [2.05, 4.69) is 4.74 Å². The van der Waals surface area contributed by atoms with E-state index in [0.29, 0.717) is 12.8 Å². The van der Waals surface area contributed by atoms with Gasteiger partial charge in [0.15, 0.2) is 5.72 Å². The van der Waals surface area contributed by atoms with E-state index in [1.165, 1.54) is 0 Å². The van der Waals surface area contributed by atoms with Crippen LogP contribution >= 0.6 is 0 Å². The second-order valence-electron chi connectivity index (χ2n) is 3.35. The molecule has 1 saturated carbocycles. The van der Waals surface area contributed by atoms with Crippen LogP contribution < -0.4 is 5.73 Å². The summed E-state index contributed by atoms with van der Waals surface area (Å²) in [6.07, 6.45) is 4.22. The van der Waals surface area contributed by atoms with Gasteiger partial charge in [-0.25, -0.2) is 4.79 Å². The summed E-state index contributed by atoms with van der Waals surface area (Å²) in [5.41, 5.74) is 4.84. The molecule has 0 saturated heterocycles. The van der Waals surface area contributed by atoms with Crippen LogP contribution in [0.15, 0.2) is 0 Å². The zero-order chi connectivity index (χ0) is 9.03. The molecule has 1 aliphatic carbocycles. The van der Waals surface area contributed by atoms with Gasteiger partial charge in [0.1, 0.15) is 0 Å². The lowest BCUT2D eigenvalue weighted by atomic mass is 10.1. The van der Waals surface area contributed by atoms with Crippen molar-refractivity contribution < 1.29 is 14.6 Å². The van der Waals surface area contributed by atoms with Crippen molar-refractivity contribution in [2.24, 2.45) is 5.73 Å².